The van der Waals surface area contributed by atoms with Crippen molar-refractivity contribution in [2.75, 3.05) is 20.3 Å². The predicted molar refractivity (Wildman–Crippen MR) is 126 cm³/mol. The van der Waals surface area contributed by atoms with E-state index < -0.39 is 0 Å². The monoisotopic (exact) mass is 429 g/mol. The van der Waals surface area contributed by atoms with Crippen LogP contribution in [0.1, 0.15) is 42.8 Å². The normalized spacial score (nSPS) is 16.4. The maximum Gasteiger partial charge on any atom is 0.251 e. The van der Waals surface area contributed by atoms with E-state index in [1.165, 1.54) is 0 Å². The molecule has 164 valence electrons. The highest BCUT2D eigenvalue weighted by molar-refractivity contribution is 6.02. The summed E-state index contributed by atoms with van der Waals surface area (Å²) in [5.74, 6) is 0.758. The molecule has 2 heterocycles. The summed E-state index contributed by atoms with van der Waals surface area (Å²) < 4.78 is 13.4. The summed E-state index contributed by atoms with van der Waals surface area (Å²) >= 11 is 0. The van der Waals surface area contributed by atoms with Crippen LogP contribution in [-0.4, -0.2) is 35.9 Å². The van der Waals surface area contributed by atoms with E-state index in [0.29, 0.717) is 12.1 Å². The summed E-state index contributed by atoms with van der Waals surface area (Å²) in [7, 11) is 1.67. The molecule has 32 heavy (non-hydrogen) atoms. The maximum absolute atomic E-state index is 12.5. The minimum Gasteiger partial charge on any atom is -0.497 e. The van der Waals surface area contributed by atoms with Crippen molar-refractivity contribution in [3.05, 3.63) is 60.2 Å². The van der Waals surface area contributed by atoms with Crippen LogP contribution in [0.15, 0.2) is 54.6 Å². The van der Waals surface area contributed by atoms with Gasteiger partial charge in [0.2, 0.25) is 0 Å². The molecule has 1 aliphatic heterocycles. The van der Waals surface area contributed by atoms with Crippen molar-refractivity contribution in [2.45, 2.75) is 32.4 Å². The van der Waals surface area contributed by atoms with Gasteiger partial charge in [-0.15, -0.1) is 0 Å². The molecule has 5 rings (SSSR count). The Bertz CT molecular complexity index is 1290. The van der Waals surface area contributed by atoms with Crippen LogP contribution in [0.5, 0.6) is 5.75 Å². The fourth-order valence-corrected chi connectivity index (χ4v) is 4.39. The Hall–Kier alpha value is -3.38. The van der Waals surface area contributed by atoms with Crippen molar-refractivity contribution in [1.82, 2.24) is 15.1 Å². The first kappa shape index (κ1) is 20.5. The second kappa shape index (κ2) is 8.63. The van der Waals surface area contributed by atoms with E-state index in [-0.39, 0.29) is 12.1 Å². The number of rotatable bonds is 5. The first-order valence-corrected chi connectivity index (χ1v) is 11.2. The topological polar surface area (TPSA) is 65.4 Å². The Balaban J connectivity index is 1.66. The van der Waals surface area contributed by atoms with Gasteiger partial charge in [-0.1, -0.05) is 18.2 Å². The summed E-state index contributed by atoms with van der Waals surface area (Å²) in [4.78, 5) is 12.5. The lowest BCUT2D eigenvalue weighted by Gasteiger charge is -2.23. The highest BCUT2D eigenvalue weighted by Gasteiger charge is 2.22. The zero-order valence-electron chi connectivity index (χ0n) is 18.4. The molecule has 0 spiro atoms. The van der Waals surface area contributed by atoms with Crippen LogP contribution >= 0.6 is 0 Å². The molecule has 1 aliphatic rings. The van der Waals surface area contributed by atoms with Crippen molar-refractivity contribution < 1.29 is 14.3 Å². The van der Waals surface area contributed by atoms with Crippen LogP contribution in [0, 0.1) is 0 Å². The average molecular weight is 430 g/mol. The Morgan fingerprint density at radius 1 is 1.12 bits per heavy atom. The van der Waals surface area contributed by atoms with Gasteiger partial charge in [-0.3, -0.25) is 4.79 Å². The number of carbonyl (C=O) groups excluding carboxylic acids is 1. The van der Waals surface area contributed by atoms with Crippen LogP contribution in [0.2, 0.25) is 0 Å². The number of nitrogens with zero attached hydrogens (tertiary/aromatic N) is 2. The maximum atomic E-state index is 12.5. The molecule has 4 aromatic rings. The molecule has 0 radical (unpaired) electrons. The minimum absolute atomic E-state index is 0.0763. The molecule has 1 fully saturated rings. The minimum atomic E-state index is -0.0833. The van der Waals surface area contributed by atoms with Gasteiger partial charge >= 0.3 is 0 Å². The smallest absolute Gasteiger partial charge is 0.251 e. The third kappa shape index (κ3) is 3.71. The summed E-state index contributed by atoms with van der Waals surface area (Å²) in [6.45, 7) is 3.26. The van der Waals surface area contributed by atoms with Gasteiger partial charge in [-0.05, 0) is 73.4 Å². The van der Waals surface area contributed by atoms with E-state index in [9.17, 15) is 4.79 Å². The largest absolute Gasteiger partial charge is 0.497 e. The van der Waals surface area contributed by atoms with Crippen LogP contribution in [-0.2, 0) is 4.74 Å². The molecule has 1 aromatic heterocycles. The summed E-state index contributed by atoms with van der Waals surface area (Å²) in [6.07, 6.45) is 3.06. The molecule has 1 atom stereocenters. The Morgan fingerprint density at radius 3 is 2.75 bits per heavy atom. The summed E-state index contributed by atoms with van der Waals surface area (Å²) in [5.41, 5.74) is 3.48. The average Bonchev–Trinajstić information content (AvgIpc) is 3.23. The van der Waals surface area contributed by atoms with Crippen LogP contribution in [0.3, 0.4) is 0 Å². The van der Waals surface area contributed by atoms with Gasteiger partial charge in [-0.25, -0.2) is 4.68 Å². The number of aromatic nitrogens is 2. The van der Waals surface area contributed by atoms with Gasteiger partial charge in [0.15, 0.2) is 6.23 Å². The van der Waals surface area contributed by atoms with Gasteiger partial charge in [0.05, 0.1) is 12.6 Å². The standard InChI is InChI=1S/C26H27N3O3/c1-3-27-26(30)20-10-12-23-22(16-20)25(28-29(23)24-6-4-5-13-32-24)19-8-7-18-15-21(31-2)11-9-17(18)14-19/h7-12,14-16,24H,3-6,13H2,1-2H3,(H,27,30). The Morgan fingerprint density at radius 2 is 1.97 bits per heavy atom. The number of amides is 1. The number of methoxy groups -OCH3 is 1. The molecule has 3 aromatic carbocycles. The zero-order chi connectivity index (χ0) is 22.1. The first-order valence-electron chi connectivity index (χ1n) is 11.2. The second-order valence-corrected chi connectivity index (χ2v) is 8.13. The molecule has 0 aliphatic carbocycles. The number of hydrogen-bond acceptors (Lipinski definition) is 4. The van der Waals surface area contributed by atoms with Crippen molar-refractivity contribution in [1.29, 1.82) is 0 Å². The van der Waals surface area contributed by atoms with Crippen molar-refractivity contribution in [3.63, 3.8) is 0 Å². The molecular weight excluding hydrogens is 402 g/mol. The molecular formula is C26H27N3O3. The van der Waals surface area contributed by atoms with Gasteiger partial charge in [0.25, 0.3) is 5.91 Å². The summed E-state index contributed by atoms with van der Waals surface area (Å²) in [6, 6.07) is 18.1. The van der Waals surface area contributed by atoms with E-state index in [0.717, 1.165) is 64.6 Å². The van der Waals surface area contributed by atoms with E-state index in [4.69, 9.17) is 14.6 Å². The third-order valence-corrected chi connectivity index (χ3v) is 6.06. The third-order valence-electron chi connectivity index (χ3n) is 6.06. The van der Waals surface area contributed by atoms with E-state index >= 15 is 0 Å². The first-order chi connectivity index (χ1) is 15.7. The number of nitrogens with one attached hydrogen (secondary N) is 1. The number of benzene rings is 3. The molecule has 0 saturated carbocycles. The highest BCUT2D eigenvalue weighted by atomic mass is 16.5. The molecule has 6 nitrogen and oxygen atoms in total. The Kier molecular flexibility index (Phi) is 5.53. The SMILES string of the molecule is CCNC(=O)c1ccc2c(c1)c(-c1ccc3cc(OC)ccc3c1)nn2C1CCCCO1. The van der Waals surface area contributed by atoms with Crippen molar-refractivity contribution in [3.8, 4) is 17.0 Å². The van der Waals surface area contributed by atoms with E-state index in [2.05, 4.69) is 29.6 Å². The van der Waals surface area contributed by atoms with Gasteiger partial charge in [-0.2, -0.15) is 5.10 Å². The fourth-order valence-electron chi connectivity index (χ4n) is 4.39. The Labute approximate surface area is 187 Å². The van der Waals surface area contributed by atoms with Crippen molar-refractivity contribution in [2.24, 2.45) is 0 Å². The highest BCUT2D eigenvalue weighted by Crippen LogP contribution is 2.35. The lowest BCUT2D eigenvalue weighted by Crippen LogP contribution is -2.22. The molecule has 0 bridgehead atoms. The van der Waals surface area contributed by atoms with Crippen molar-refractivity contribution >= 4 is 27.6 Å². The van der Waals surface area contributed by atoms with Gasteiger partial charge < -0.3 is 14.8 Å². The van der Waals surface area contributed by atoms with Gasteiger partial charge in [0.1, 0.15) is 11.4 Å². The summed E-state index contributed by atoms with van der Waals surface area (Å²) in [5, 5.41) is 11.1. The quantitative estimate of drug-likeness (QED) is 0.467. The lowest BCUT2D eigenvalue weighted by atomic mass is 10.0. The predicted octanol–water partition coefficient (Wildman–Crippen LogP) is 5.31. The molecule has 1 amide bonds. The number of hydrogen-bond donors (Lipinski definition) is 1. The zero-order valence-corrected chi connectivity index (χ0v) is 18.4. The second-order valence-electron chi connectivity index (χ2n) is 8.13. The van der Waals surface area contributed by atoms with Crippen LogP contribution in [0.25, 0.3) is 32.9 Å². The lowest BCUT2D eigenvalue weighted by molar-refractivity contribution is -0.0365. The molecule has 1 saturated heterocycles. The number of carbonyl (C=O) groups is 1. The molecule has 6 heteroatoms. The fraction of sp³-hybridized carbons (Fsp3) is 0.308. The molecule has 1 unspecified atom stereocenters. The van der Waals surface area contributed by atoms with E-state index in [1.54, 1.807) is 7.11 Å². The van der Waals surface area contributed by atoms with Gasteiger partial charge in [0, 0.05) is 29.7 Å². The number of fused-ring (bicyclic) bond motifs is 2. The number of ether oxygens (including phenoxy) is 2. The molecule has 1 N–H and O–H groups in total. The van der Waals surface area contributed by atoms with Crippen LogP contribution < -0.4 is 10.1 Å². The van der Waals surface area contributed by atoms with Crippen LogP contribution in [0.4, 0.5) is 0 Å². The van der Waals surface area contributed by atoms with E-state index in [1.807, 2.05) is 41.9 Å².